The minimum absolute atomic E-state index is 0.128. The van der Waals surface area contributed by atoms with Crippen molar-refractivity contribution in [3.8, 4) is 5.75 Å². The van der Waals surface area contributed by atoms with Gasteiger partial charge >= 0.3 is 6.03 Å². The second-order valence-electron chi connectivity index (χ2n) is 6.85. The fourth-order valence-corrected chi connectivity index (χ4v) is 3.16. The van der Waals surface area contributed by atoms with Crippen LogP contribution >= 0.6 is 0 Å². The summed E-state index contributed by atoms with van der Waals surface area (Å²) in [5, 5.41) is 6.01. The van der Waals surface area contributed by atoms with Crippen LogP contribution in [-0.4, -0.2) is 26.7 Å². The first-order chi connectivity index (χ1) is 11.8. The van der Waals surface area contributed by atoms with Crippen LogP contribution in [0.25, 0.3) is 0 Å². The lowest BCUT2D eigenvalue weighted by Gasteiger charge is -2.19. The number of benzene rings is 2. The number of ether oxygens (including phenoxy) is 1. The summed E-state index contributed by atoms with van der Waals surface area (Å²) in [5.41, 5.74) is 6.24. The van der Waals surface area contributed by atoms with Gasteiger partial charge in [0.1, 0.15) is 12.4 Å². The SMILES string of the molecule is Cc1ccc2c(c1)[C@H](NC(=O)Nc1c(C)cc(N(C)C)cc1C)CO2. The molecule has 0 bridgehead atoms. The van der Waals surface area contributed by atoms with Crippen LogP contribution in [0.3, 0.4) is 0 Å². The van der Waals surface area contributed by atoms with Gasteiger partial charge in [-0.05, 0) is 50.1 Å². The molecule has 2 amide bonds. The number of hydrogen-bond donors (Lipinski definition) is 2. The largest absolute Gasteiger partial charge is 0.491 e. The summed E-state index contributed by atoms with van der Waals surface area (Å²) in [4.78, 5) is 14.6. The lowest BCUT2D eigenvalue weighted by atomic mass is 10.1. The molecule has 1 aliphatic rings. The Balaban J connectivity index is 1.74. The van der Waals surface area contributed by atoms with E-state index in [2.05, 4.69) is 33.7 Å². The van der Waals surface area contributed by atoms with Crippen molar-refractivity contribution in [2.75, 3.05) is 30.9 Å². The van der Waals surface area contributed by atoms with Gasteiger partial charge in [-0.25, -0.2) is 4.79 Å². The van der Waals surface area contributed by atoms with Gasteiger partial charge in [0.05, 0.1) is 6.04 Å². The minimum Gasteiger partial charge on any atom is -0.491 e. The van der Waals surface area contributed by atoms with Crippen LogP contribution in [0.4, 0.5) is 16.2 Å². The maximum Gasteiger partial charge on any atom is 0.319 e. The third-order valence-corrected chi connectivity index (χ3v) is 4.52. The van der Waals surface area contributed by atoms with Crippen molar-refractivity contribution in [1.29, 1.82) is 0 Å². The molecule has 2 N–H and O–H groups in total. The molecule has 0 saturated heterocycles. The normalized spacial score (nSPS) is 15.3. The number of carbonyl (C=O) groups is 1. The van der Waals surface area contributed by atoms with Gasteiger partial charge < -0.3 is 20.3 Å². The molecule has 0 radical (unpaired) electrons. The molecular weight excluding hydrogens is 314 g/mol. The summed E-state index contributed by atoms with van der Waals surface area (Å²) in [6, 6.07) is 9.83. The second-order valence-corrected chi connectivity index (χ2v) is 6.85. The molecule has 5 heteroatoms. The van der Waals surface area contributed by atoms with Gasteiger partial charge in [-0.15, -0.1) is 0 Å². The van der Waals surface area contributed by atoms with Gasteiger partial charge in [0, 0.05) is 31.0 Å². The highest BCUT2D eigenvalue weighted by Gasteiger charge is 2.26. The van der Waals surface area contributed by atoms with Gasteiger partial charge in [0.15, 0.2) is 0 Å². The standard InChI is InChI=1S/C20H25N3O2/c1-12-6-7-18-16(8-12)17(11-25-18)21-20(24)22-19-13(2)9-15(23(4)5)10-14(19)3/h6-10,17H,11H2,1-5H3,(H2,21,22,24)/t17-/m1/s1. The molecule has 132 valence electrons. The average Bonchev–Trinajstić information content (AvgIpc) is 2.92. The highest BCUT2D eigenvalue weighted by atomic mass is 16.5. The monoisotopic (exact) mass is 339 g/mol. The van der Waals surface area contributed by atoms with Crippen LogP contribution in [0.1, 0.15) is 28.3 Å². The summed E-state index contributed by atoms with van der Waals surface area (Å²) >= 11 is 0. The predicted molar refractivity (Wildman–Crippen MR) is 102 cm³/mol. The summed E-state index contributed by atoms with van der Waals surface area (Å²) < 4.78 is 5.66. The third-order valence-electron chi connectivity index (χ3n) is 4.52. The van der Waals surface area contributed by atoms with E-state index in [-0.39, 0.29) is 12.1 Å². The van der Waals surface area contributed by atoms with Gasteiger partial charge in [-0.1, -0.05) is 17.7 Å². The quantitative estimate of drug-likeness (QED) is 0.891. The number of carbonyl (C=O) groups excluding carboxylic acids is 1. The molecule has 3 rings (SSSR count). The first-order valence-corrected chi connectivity index (χ1v) is 8.44. The number of anilines is 2. The molecule has 0 spiro atoms. The van der Waals surface area contributed by atoms with Crippen LogP contribution in [0.15, 0.2) is 30.3 Å². The molecule has 0 fully saturated rings. The zero-order valence-corrected chi connectivity index (χ0v) is 15.4. The van der Waals surface area contributed by atoms with Crippen LogP contribution < -0.4 is 20.3 Å². The fraction of sp³-hybridized carbons (Fsp3) is 0.350. The maximum absolute atomic E-state index is 12.5. The highest BCUT2D eigenvalue weighted by molar-refractivity contribution is 5.91. The predicted octanol–water partition coefficient (Wildman–Crippen LogP) is 3.93. The molecule has 1 heterocycles. The van der Waals surface area contributed by atoms with Crippen molar-refractivity contribution in [3.63, 3.8) is 0 Å². The number of rotatable bonds is 3. The molecule has 0 saturated carbocycles. The van der Waals surface area contributed by atoms with E-state index in [1.165, 1.54) is 0 Å². The lowest BCUT2D eigenvalue weighted by Crippen LogP contribution is -2.33. The molecule has 25 heavy (non-hydrogen) atoms. The van der Waals surface area contributed by atoms with E-state index in [1.54, 1.807) is 0 Å². The number of fused-ring (bicyclic) bond motifs is 1. The maximum atomic E-state index is 12.5. The first kappa shape index (κ1) is 17.1. The van der Waals surface area contributed by atoms with Gasteiger partial charge in [0.25, 0.3) is 0 Å². The summed E-state index contributed by atoms with van der Waals surface area (Å²) in [6.07, 6.45) is 0. The average molecular weight is 339 g/mol. The first-order valence-electron chi connectivity index (χ1n) is 8.44. The Kier molecular flexibility index (Phi) is 4.57. The molecule has 0 unspecified atom stereocenters. The molecule has 0 aliphatic carbocycles. The number of urea groups is 1. The Bertz CT molecular complexity index is 792. The Hall–Kier alpha value is -2.69. The summed E-state index contributed by atoms with van der Waals surface area (Å²) in [6.45, 7) is 6.51. The van der Waals surface area contributed by atoms with Gasteiger partial charge in [0.2, 0.25) is 0 Å². The number of aryl methyl sites for hydroxylation is 3. The third kappa shape index (κ3) is 3.55. The van der Waals surface area contributed by atoms with Gasteiger partial charge in [-0.3, -0.25) is 0 Å². The van der Waals surface area contributed by atoms with Crippen molar-refractivity contribution in [2.24, 2.45) is 0 Å². The van der Waals surface area contributed by atoms with Crippen molar-refractivity contribution >= 4 is 17.4 Å². The van der Waals surface area contributed by atoms with Crippen molar-refractivity contribution in [3.05, 3.63) is 52.6 Å². The van der Waals surface area contributed by atoms with Crippen LogP contribution in [-0.2, 0) is 0 Å². The smallest absolute Gasteiger partial charge is 0.319 e. The number of amides is 2. The topological polar surface area (TPSA) is 53.6 Å². The molecule has 5 nitrogen and oxygen atoms in total. The molecular formula is C20H25N3O2. The number of nitrogens with zero attached hydrogens (tertiary/aromatic N) is 1. The Morgan fingerprint density at radius 3 is 2.44 bits per heavy atom. The van der Waals surface area contributed by atoms with Crippen LogP contribution in [0, 0.1) is 20.8 Å². The molecule has 1 aliphatic heterocycles. The second kappa shape index (κ2) is 6.67. The molecule has 2 aromatic rings. The van der Waals surface area contributed by atoms with Crippen molar-refractivity contribution in [1.82, 2.24) is 5.32 Å². The van der Waals surface area contributed by atoms with E-state index >= 15 is 0 Å². The zero-order valence-electron chi connectivity index (χ0n) is 15.4. The Morgan fingerprint density at radius 2 is 1.80 bits per heavy atom. The minimum atomic E-state index is -0.216. The number of nitrogens with one attached hydrogen (secondary N) is 2. The summed E-state index contributed by atoms with van der Waals surface area (Å²) in [5.74, 6) is 0.846. The van der Waals surface area contributed by atoms with E-state index in [1.807, 2.05) is 47.0 Å². The summed E-state index contributed by atoms with van der Waals surface area (Å²) in [7, 11) is 4.01. The molecule has 1 atom stereocenters. The van der Waals surface area contributed by atoms with Crippen LogP contribution in [0.5, 0.6) is 5.75 Å². The van der Waals surface area contributed by atoms with Crippen LogP contribution in [0.2, 0.25) is 0 Å². The van der Waals surface area contributed by atoms with E-state index in [0.717, 1.165) is 39.4 Å². The van der Waals surface area contributed by atoms with E-state index in [0.29, 0.717) is 6.61 Å². The molecule has 2 aromatic carbocycles. The van der Waals surface area contributed by atoms with E-state index in [4.69, 9.17) is 4.74 Å². The number of hydrogen-bond acceptors (Lipinski definition) is 3. The van der Waals surface area contributed by atoms with E-state index < -0.39 is 0 Å². The highest BCUT2D eigenvalue weighted by Crippen LogP contribution is 2.33. The zero-order chi connectivity index (χ0) is 18.1. The molecule has 0 aromatic heterocycles. The lowest BCUT2D eigenvalue weighted by molar-refractivity contribution is 0.243. The van der Waals surface area contributed by atoms with Crippen molar-refractivity contribution < 1.29 is 9.53 Å². The van der Waals surface area contributed by atoms with Gasteiger partial charge in [-0.2, -0.15) is 0 Å². The Labute approximate surface area is 149 Å². The van der Waals surface area contributed by atoms with Crippen molar-refractivity contribution in [2.45, 2.75) is 26.8 Å². The Morgan fingerprint density at radius 1 is 1.12 bits per heavy atom. The van der Waals surface area contributed by atoms with E-state index in [9.17, 15) is 4.79 Å². The fourth-order valence-electron chi connectivity index (χ4n) is 3.16.